The highest BCUT2D eigenvalue weighted by molar-refractivity contribution is 5.16. The quantitative estimate of drug-likeness (QED) is 0.571. The summed E-state index contributed by atoms with van der Waals surface area (Å²) in [4.78, 5) is 0. The van der Waals surface area contributed by atoms with Crippen molar-refractivity contribution in [3.63, 3.8) is 0 Å². The van der Waals surface area contributed by atoms with E-state index < -0.39 is 0 Å². The molecule has 0 aromatic carbocycles. The van der Waals surface area contributed by atoms with Gasteiger partial charge in [0.25, 0.3) is 0 Å². The fraction of sp³-hybridized carbons (Fsp3) is 0.333. The van der Waals surface area contributed by atoms with Gasteiger partial charge in [0.1, 0.15) is 0 Å². The summed E-state index contributed by atoms with van der Waals surface area (Å²) in [5.74, 6) is 0.228. The SMILES string of the molecule is C=C[C@@H]1C=C[C@H](C=C)C1O. The van der Waals surface area contributed by atoms with Gasteiger partial charge < -0.3 is 5.11 Å². The number of hydrogen-bond donors (Lipinski definition) is 1. The summed E-state index contributed by atoms with van der Waals surface area (Å²) < 4.78 is 0. The van der Waals surface area contributed by atoms with Gasteiger partial charge >= 0.3 is 0 Å². The van der Waals surface area contributed by atoms with E-state index in [2.05, 4.69) is 13.2 Å². The fourth-order valence-electron chi connectivity index (χ4n) is 1.18. The van der Waals surface area contributed by atoms with Crippen LogP contribution in [-0.2, 0) is 0 Å². The van der Waals surface area contributed by atoms with E-state index in [-0.39, 0.29) is 17.9 Å². The van der Waals surface area contributed by atoms with E-state index >= 15 is 0 Å². The summed E-state index contributed by atoms with van der Waals surface area (Å²) in [5.41, 5.74) is 0. The molecule has 0 aromatic rings. The molecule has 1 aliphatic carbocycles. The Morgan fingerprint density at radius 3 is 1.70 bits per heavy atom. The minimum Gasteiger partial charge on any atom is -0.391 e. The van der Waals surface area contributed by atoms with E-state index in [9.17, 15) is 5.11 Å². The average Bonchev–Trinajstić information content (AvgIpc) is 2.30. The molecule has 1 heteroatoms. The van der Waals surface area contributed by atoms with Crippen molar-refractivity contribution in [2.45, 2.75) is 6.10 Å². The van der Waals surface area contributed by atoms with Crippen LogP contribution in [0.2, 0.25) is 0 Å². The van der Waals surface area contributed by atoms with E-state index in [4.69, 9.17) is 0 Å². The van der Waals surface area contributed by atoms with Crippen molar-refractivity contribution in [1.29, 1.82) is 0 Å². The minimum atomic E-state index is -0.338. The van der Waals surface area contributed by atoms with Crippen LogP contribution in [0, 0.1) is 11.8 Å². The first-order chi connectivity index (χ1) is 4.79. The summed E-state index contributed by atoms with van der Waals surface area (Å²) in [6, 6.07) is 0. The Hall–Kier alpha value is -0.820. The molecule has 1 aliphatic rings. The number of rotatable bonds is 2. The van der Waals surface area contributed by atoms with Crippen molar-refractivity contribution in [3.8, 4) is 0 Å². The zero-order chi connectivity index (χ0) is 7.56. The Balaban J connectivity index is 2.66. The highest BCUT2D eigenvalue weighted by Gasteiger charge is 2.24. The van der Waals surface area contributed by atoms with Crippen molar-refractivity contribution < 1.29 is 5.11 Å². The zero-order valence-electron chi connectivity index (χ0n) is 5.90. The molecule has 54 valence electrons. The second-order valence-corrected chi connectivity index (χ2v) is 2.50. The van der Waals surface area contributed by atoms with Crippen molar-refractivity contribution >= 4 is 0 Å². The molecule has 0 radical (unpaired) electrons. The van der Waals surface area contributed by atoms with E-state index in [1.807, 2.05) is 12.2 Å². The van der Waals surface area contributed by atoms with E-state index in [1.165, 1.54) is 0 Å². The molecule has 0 bridgehead atoms. The lowest BCUT2D eigenvalue weighted by atomic mass is 10.00. The molecule has 3 atom stereocenters. The summed E-state index contributed by atoms with van der Waals surface area (Å²) >= 11 is 0. The number of aliphatic hydroxyl groups is 1. The average molecular weight is 136 g/mol. The lowest BCUT2D eigenvalue weighted by molar-refractivity contribution is 0.135. The van der Waals surface area contributed by atoms with Gasteiger partial charge in [-0.05, 0) is 0 Å². The molecular formula is C9H12O. The topological polar surface area (TPSA) is 20.2 Å². The van der Waals surface area contributed by atoms with Gasteiger partial charge in [0.05, 0.1) is 6.10 Å². The van der Waals surface area contributed by atoms with Crippen LogP contribution in [0.5, 0.6) is 0 Å². The molecular weight excluding hydrogens is 124 g/mol. The molecule has 1 N–H and O–H groups in total. The number of hydrogen-bond acceptors (Lipinski definition) is 1. The molecule has 0 saturated heterocycles. The van der Waals surface area contributed by atoms with Gasteiger partial charge in [-0.15, -0.1) is 13.2 Å². The Bertz CT molecular complexity index is 152. The van der Waals surface area contributed by atoms with E-state index in [1.54, 1.807) is 12.2 Å². The van der Waals surface area contributed by atoms with Gasteiger partial charge in [-0.3, -0.25) is 0 Å². The summed E-state index contributed by atoms with van der Waals surface area (Å²) in [6.45, 7) is 7.23. The van der Waals surface area contributed by atoms with Crippen LogP contribution >= 0.6 is 0 Å². The Labute approximate surface area is 61.4 Å². The molecule has 0 spiro atoms. The second-order valence-electron chi connectivity index (χ2n) is 2.50. The van der Waals surface area contributed by atoms with Gasteiger partial charge in [0.2, 0.25) is 0 Å². The van der Waals surface area contributed by atoms with Crippen molar-refractivity contribution in [2.75, 3.05) is 0 Å². The zero-order valence-corrected chi connectivity index (χ0v) is 5.90. The first-order valence-electron chi connectivity index (χ1n) is 3.41. The Kier molecular flexibility index (Phi) is 2.07. The van der Waals surface area contributed by atoms with Crippen LogP contribution in [0.1, 0.15) is 0 Å². The molecule has 0 aromatic heterocycles. The van der Waals surface area contributed by atoms with Crippen LogP contribution < -0.4 is 0 Å². The lowest BCUT2D eigenvalue weighted by Crippen LogP contribution is -2.18. The predicted molar refractivity (Wildman–Crippen MR) is 42.5 cm³/mol. The van der Waals surface area contributed by atoms with Crippen LogP contribution in [0.25, 0.3) is 0 Å². The smallest absolute Gasteiger partial charge is 0.0734 e. The third-order valence-electron chi connectivity index (χ3n) is 1.89. The maximum atomic E-state index is 9.44. The molecule has 0 amide bonds. The summed E-state index contributed by atoms with van der Waals surface area (Å²) in [6.07, 6.45) is 7.10. The molecule has 0 saturated carbocycles. The molecule has 1 rings (SSSR count). The highest BCUT2D eigenvalue weighted by atomic mass is 16.3. The van der Waals surface area contributed by atoms with E-state index in [0.29, 0.717) is 0 Å². The van der Waals surface area contributed by atoms with Gasteiger partial charge in [0, 0.05) is 11.8 Å². The van der Waals surface area contributed by atoms with Crippen LogP contribution in [-0.4, -0.2) is 11.2 Å². The Morgan fingerprint density at radius 1 is 1.10 bits per heavy atom. The van der Waals surface area contributed by atoms with Crippen LogP contribution in [0.15, 0.2) is 37.5 Å². The van der Waals surface area contributed by atoms with Gasteiger partial charge in [-0.1, -0.05) is 24.3 Å². The number of aliphatic hydroxyl groups excluding tert-OH is 1. The molecule has 1 nitrogen and oxygen atoms in total. The third-order valence-corrected chi connectivity index (χ3v) is 1.89. The lowest BCUT2D eigenvalue weighted by Gasteiger charge is -2.13. The standard InChI is InChI=1S/C9H12O/c1-3-7-5-6-8(4-2)9(7)10/h3-10H,1-2H2/t7-,8+,9?. The molecule has 10 heavy (non-hydrogen) atoms. The summed E-state index contributed by atoms with van der Waals surface area (Å²) in [5, 5.41) is 9.44. The van der Waals surface area contributed by atoms with Gasteiger partial charge in [0.15, 0.2) is 0 Å². The first kappa shape index (κ1) is 7.29. The van der Waals surface area contributed by atoms with Gasteiger partial charge in [-0.2, -0.15) is 0 Å². The second kappa shape index (κ2) is 2.84. The van der Waals surface area contributed by atoms with Crippen molar-refractivity contribution in [1.82, 2.24) is 0 Å². The highest BCUT2D eigenvalue weighted by Crippen LogP contribution is 2.25. The largest absolute Gasteiger partial charge is 0.391 e. The molecule has 1 unspecified atom stereocenters. The maximum absolute atomic E-state index is 9.44. The monoisotopic (exact) mass is 136 g/mol. The predicted octanol–water partition coefficient (Wildman–Crippen LogP) is 1.52. The molecule has 0 heterocycles. The fourth-order valence-corrected chi connectivity index (χ4v) is 1.18. The van der Waals surface area contributed by atoms with Gasteiger partial charge in [-0.25, -0.2) is 0 Å². The minimum absolute atomic E-state index is 0.114. The normalized spacial score (nSPS) is 37.9. The van der Waals surface area contributed by atoms with E-state index in [0.717, 1.165) is 0 Å². The van der Waals surface area contributed by atoms with Crippen LogP contribution in [0.3, 0.4) is 0 Å². The van der Waals surface area contributed by atoms with Crippen molar-refractivity contribution in [2.24, 2.45) is 11.8 Å². The summed E-state index contributed by atoms with van der Waals surface area (Å²) in [7, 11) is 0. The first-order valence-corrected chi connectivity index (χ1v) is 3.41. The Morgan fingerprint density at radius 2 is 1.50 bits per heavy atom. The molecule has 0 aliphatic heterocycles. The maximum Gasteiger partial charge on any atom is 0.0734 e. The molecule has 0 fully saturated rings. The van der Waals surface area contributed by atoms with Crippen LogP contribution in [0.4, 0.5) is 0 Å². The van der Waals surface area contributed by atoms with Crippen molar-refractivity contribution in [3.05, 3.63) is 37.5 Å². The third kappa shape index (κ3) is 1.05.